The molecule has 0 saturated heterocycles. The molecule has 100 valence electrons. The van der Waals surface area contributed by atoms with E-state index in [0.29, 0.717) is 12.2 Å². The van der Waals surface area contributed by atoms with Gasteiger partial charge in [0.1, 0.15) is 0 Å². The van der Waals surface area contributed by atoms with Crippen molar-refractivity contribution in [3.8, 4) is 0 Å². The summed E-state index contributed by atoms with van der Waals surface area (Å²) in [7, 11) is -3.47. The first-order chi connectivity index (χ1) is 8.45. The van der Waals surface area contributed by atoms with Gasteiger partial charge in [-0.25, -0.2) is 17.9 Å². The van der Waals surface area contributed by atoms with Crippen LogP contribution in [0.25, 0.3) is 0 Å². The Bertz CT molecular complexity index is 498. The summed E-state index contributed by atoms with van der Waals surface area (Å²) < 4.78 is 25.6. The molecule has 8 heteroatoms. The predicted octanol–water partition coefficient (Wildman–Crippen LogP) is 0.413. The number of hydrogen-bond donors (Lipinski definition) is 3. The summed E-state index contributed by atoms with van der Waals surface area (Å²) in [6.07, 6.45) is 0. The lowest BCUT2D eigenvalue weighted by molar-refractivity contribution is -0.141. The summed E-state index contributed by atoms with van der Waals surface area (Å²) in [6, 6.07) is 5.74. The number of sulfonamides is 1. The second-order valence-corrected chi connectivity index (χ2v) is 5.08. The Morgan fingerprint density at radius 1 is 1.33 bits per heavy atom. The summed E-state index contributed by atoms with van der Waals surface area (Å²) in [6.45, 7) is 1.51. The van der Waals surface area contributed by atoms with Crippen molar-refractivity contribution in [1.82, 2.24) is 4.72 Å². The molecule has 7 nitrogen and oxygen atoms in total. The fraction of sp³-hybridized carbons (Fsp3) is 0.300. The van der Waals surface area contributed by atoms with Gasteiger partial charge in [-0.3, -0.25) is 10.3 Å². The molecular weight excluding hydrogens is 260 g/mol. The number of carboxylic acid groups (broad SMARTS) is 1. The van der Waals surface area contributed by atoms with Gasteiger partial charge in [0.05, 0.1) is 10.6 Å². The lowest BCUT2D eigenvalue weighted by Gasteiger charge is -2.07. The van der Waals surface area contributed by atoms with Crippen LogP contribution in [0.2, 0.25) is 0 Å². The zero-order chi connectivity index (χ0) is 13.6. The van der Waals surface area contributed by atoms with E-state index in [1.54, 1.807) is 6.92 Å². The minimum atomic E-state index is -3.47. The number of rotatable bonds is 7. The molecule has 0 saturated carbocycles. The van der Waals surface area contributed by atoms with Crippen molar-refractivity contribution in [1.29, 1.82) is 0 Å². The van der Waals surface area contributed by atoms with Gasteiger partial charge in [0.15, 0.2) is 6.61 Å². The van der Waals surface area contributed by atoms with Gasteiger partial charge in [0.2, 0.25) is 10.0 Å². The van der Waals surface area contributed by atoms with Crippen LogP contribution in [0.5, 0.6) is 0 Å². The third kappa shape index (κ3) is 4.32. The molecule has 3 N–H and O–H groups in total. The second kappa shape index (κ2) is 6.34. The Morgan fingerprint density at radius 2 is 1.94 bits per heavy atom. The van der Waals surface area contributed by atoms with Gasteiger partial charge in [0.25, 0.3) is 0 Å². The van der Waals surface area contributed by atoms with Gasteiger partial charge in [-0.2, -0.15) is 0 Å². The standard InChI is InChI=1S/C10H14N2O5S/c1-2-11-18(15,16)9-5-3-8(4-6-9)12-17-7-10(13)14/h3-6,11-12H,2,7H2,1H3,(H,13,14). The van der Waals surface area contributed by atoms with Crippen molar-refractivity contribution in [2.24, 2.45) is 0 Å². The quantitative estimate of drug-likeness (QED) is 0.622. The molecule has 0 fully saturated rings. The highest BCUT2D eigenvalue weighted by Gasteiger charge is 2.11. The zero-order valence-electron chi connectivity index (χ0n) is 9.71. The molecule has 0 unspecified atom stereocenters. The molecule has 0 amide bonds. The van der Waals surface area contributed by atoms with E-state index in [1.807, 2.05) is 0 Å². The molecule has 0 aromatic heterocycles. The third-order valence-corrected chi connectivity index (χ3v) is 3.45. The van der Waals surface area contributed by atoms with Crippen molar-refractivity contribution < 1.29 is 23.2 Å². The van der Waals surface area contributed by atoms with Crippen LogP contribution < -0.4 is 10.2 Å². The normalized spacial score (nSPS) is 11.2. The first kappa shape index (κ1) is 14.4. The van der Waals surface area contributed by atoms with Gasteiger partial charge in [0, 0.05) is 6.54 Å². The molecule has 0 aliphatic carbocycles. The molecule has 1 aromatic rings. The SMILES string of the molecule is CCNS(=O)(=O)c1ccc(NOCC(=O)O)cc1. The minimum Gasteiger partial charge on any atom is -0.479 e. The summed E-state index contributed by atoms with van der Waals surface area (Å²) in [4.78, 5) is 15.0. The maximum Gasteiger partial charge on any atom is 0.332 e. The van der Waals surface area contributed by atoms with Crippen LogP contribution in [0.15, 0.2) is 29.2 Å². The third-order valence-electron chi connectivity index (χ3n) is 1.88. The second-order valence-electron chi connectivity index (χ2n) is 3.31. The summed E-state index contributed by atoms with van der Waals surface area (Å²) in [5, 5.41) is 8.35. The van der Waals surface area contributed by atoms with Crippen molar-refractivity contribution in [2.45, 2.75) is 11.8 Å². The van der Waals surface area contributed by atoms with E-state index in [9.17, 15) is 13.2 Å². The molecule has 0 bridgehead atoms. The molecule has 0 atom stereocenters. The fourth-order valence-corrected chi connectivity index (χ4v) is 2.20. The van der Waals surface area contributed by atoms with Crippen molar-refractivity contribution in [3.05, 3.63) is 24.3 Å². The number of carbonyl (C=O) groups is 1. The molecule has 0 radical (unpaired) electrons. The van der Waals surface area contributed by atoms with Crippen LogP contribution in [0.1, 0.15) is 6.92 Å². The van der Waals surface area contributed by atoms with Crippen LogP contribution in [-0.4, -0.2) is 32.6 Å². The van der Waals surface area contributed by atoms with E-state index in [4.69, 9.17) is 5.11 Å². The highest BCUT2D eigenvalue weighted by Crippen LogP contribution is 2.13. The number of aliphatic carboxylic acids is 1. The zero-order valence-corrected chi connectivity index (χ0v) is 10.5. The van der Waals surface area contributed by atoms with Crippen molar-refractivity contribution in [2.75, 3.05) is 18.6 Å². The molecule has 18 heavy (non-hydrogen) atoms. The highest BCUT2D eigenvalue weighted by atomic mass is 32.2. The van der Waals surface area contributed by atoms with Crippen LogP contribution in [0.4, 0.5) is 5.69 Å². The van der Waals surface area contributed by atoms with E-state index in [-0.39, 0.29) is 4.90 Å². The van der Waals surface area contributed by atoms with Crippen LogP contribution in [0.3, 0.4) is 0 Å². The van der Waals surface area contributed by atoms with Gasteiger partial charge in [-0.15, -0.1) is 0 Å². The average molecular weight is 274 g/mol. The van der Waals surface area contributed by atoms with Gasteiger partial charge in [-0.1, -0.05) is 6.92 Å². The van der Waals surface area contributed by atoms with Crippen LogP contribution in [0, 0.1) is 0 Å². The molecular formula is C10H14N2O5S. The monoisotopic (exact) mass is 274 g/mol. The number of carboxylic acids is 1. The summed E-state index contributed by atoms with van der Waals surface area (Å²) in [5.74, 6) is -1.10. The van der Waals surface area contributed by atoms with Crippen LogP contribution >= 0.6 is 0 Å². The van der Waals surface area contributed by atoms with Gasteiger partial charge < -0.3 is 5.11 Å². The number of anilines is 1. The Morgan fingerprint density at radius 3 is 2.44 bits per heavy atom. The Balaban J connectivity index is 2.65. The minimum absolute atomic E-state index is 0.133. The topological polar surface area (TPSA) is 105 Å². The van der Waals surface area contributed by atoms with Crippen molar-refractivity contribution >= 4 is 21.7 Å². The lowest BCUT2D eigenvalue weighted by atomic mass is 10.3. The Kier molecular flexibility index (Phi) is 5.08. The summed E-state index contributed by atoms with van der Waals surface area (Å²) in [5.41, 5.74) is 2.86. The number of benzene rings is 1. The van der Waals surface area contributed by atoms with Crippen molar-refractivity contribution in [3.63, 3.8) is 0 Å². The van der Waals surface area contributed by atoms with E-state index < -0.39 is 22.6 Å². The van der Waals surface area contributed by atoms with Gasteiger partial charge in [-0.05, 0) is 24.3 Å². The average Bonchev–Trinajstić information content (AvgIpc) is 2.29. The molecule has 0 aliphatic rings. The molecule has 0 aliphatic heterocycles. The molecule has 0 spiro atoms. The maximum atomic E-state index is 11.6. The smallest absolute Gasteiger partial charge is 0.332 e. The Labute approximate surface area is 105 Å². The highest BCUT2D eigenvalue weighted by molar-refractivity contribution is 7.89. The Hall–Kier alpha value is -1.64. The predicted molar refractivity (Wildman–Crippen MR) is 64.5 cm³/mol. The van der Waals surface area contributed by atoms with E-state index in [2.05, 4.69) is 15.0 Å². The van der Waals surface area contributed by atoms with Gasteiger partial charge >= 0.3 is 5.97 Å². The first-order valence-corrected chi connectivity index (χ1v) is 6.63. The largest absolute Gasteiger partial charge is 0.479 e. The number of nitrogens with one attached hydrogen (secondary N) is 2. The summed E-state index contributed by atoms with van der Waals surface area (Å²) >= 11 is 0. The maximum absolute atomic E-state index is 11.6. The number of hydrogen-bond acceptors (Lipinski definition) is 5. The fourth-order valence-electron chi connectivity index (χ4n) is 1.16. The lowest BCUT2D eigenvalue weighted by Crippen LogP contribution is -2.23. The van der Waals surface area contributed by atoms with E-state index in [1.165, 1.54) is 24.3 Å². The van der Waals surface area contributed by atoms with E-state index >= 15 is 0 Å². The molecule has 1 rings (SSSR count). The molecule has 1 aromatic carbocycles. The molecule has 0 heterocycles. The van der Waals surface area contributed by atoms with Crippen LogP contribution in [-0.2, 0) is 19.7 Å². The first-order valence-electron chi connectivity index (χ1n) is 5.15. The van der Waals surface area contributed by atoms with E-state index in [0.717, 1.165) is 0 Å².